The summed E-state index contributed by atoms with van der Waals surface area (Å²) in [5.74, 6) is 1.04. The van der Waals surface area contributed by atoms with Gasteiger partial charge in [0.25, 0.3) is 0 Å². The summed E-state index contributed by atoms with van der Waals surface area (Å²) >= 11 is 0. The first-order valence-corrected chi connectivity index (χ1v) is 11.3. The summed E-state index contributed by atoms with van der Waals surface area (Å²) in [4.78, 5) is 23.4. The molecule has 0 unspecified atom stereocenters. The highest BCUT2D eigenvalue weighted by atomic mass is 16.3. The second-order valence-corrected chi connectivity index (χ2v) is 8.61. The van der Waals surface area contributed by atoms with Crippen LogP contribution in [-0.4, -0.2) is 67.5 Å². The van der Waals surface area contributed by atoms with Crippen molar-refractivity contribution < 1.29 is 9.90 Å². The van der Waals surface area contributed by atoms with Crippen LogP contribution in [0.5, 0.6) is 0 Å². The van der Waals surface area contributed by atoms with Crippen LogP contribution in [0.15, 0.2) is 55.1 Å². The Labute approximate surface area is 203 Å². The Kier molecular flexibility index (Phi) is 7.23. The lowest BCUT2D eigenvalue weighted by molar-refractivity contribution is -0.111. The minimum Gasteiger partial charge on any atom is -0.394 e. The van der Waals surface area contributed by atoms with Gasteiger partial charge in [0.1, 0.15) is 5.82 Å². The fraction of sp³-hybridized carbons (Fsp3) is 0.280. The van der Waals surface area contributed by atoms with Crippen LogP contribution in [0.25, 0.3) is 16.7 Å². The summed E-state index contributed by atoms with van der Waals surface area (Å²) in [6.07, 6.45) is 10.6. The lowest BCUT2D eigenvalue weighted by Gasteiger charge is -2.11. The van der Waals surface area contributed by atoms with Crippen LogP contribution < -0.4 is 10.6 Å². The van der Waals surface area contributed by atoms with E-state index in [4.69, 9.17) is 10.1 Å². The highest BCUT2D eigenvalue weighted by molar-refractivity contribution is 6.01. The second-order valence-electron chi connectivity index (χ2n) is 8.61. The number of aliphatic hydroxyl groups is 1. The van der Waals surface area contributed by atoms with Gasteiger partial charge in [-0.15, -0.1) is 0 Å². The fourth-order valence-electron chi connectivity index (χ4n) is 3.72. The third-order valence-electron chi connectivity index (χ3n) is 5.40. The first-order chi connectivity index (χ1) is 16.8. The van der Waals surface area contributed by atoms with E-state index >= 15 is 0 Å². The van der Waals surface area contributed by atoms with Crippen molar-refractivity contribution in [2.75, 3.05) is 37.9 Å². The number of hydrogen-bond donors (Lipinski definition) is 3. The molecule has 0 radical (unpaired) electrons. The molecule has 3 N–H and O–H groups in total. The number of anilines is 3. The molecule has 1 amide bonds. The molecule has 0 spiro atoms. The molecule has 4 aromatic rings. The largest absolute Gasteiger partial charge is 0.394 e. The van der Waals surface area contributed by atoms with Crippen LogP contribution >= 0.6 is 0 Å². The number of amides is 1. The number of fused-ring (bicyclic) bond motifs is 1. The summed E-state index contributed by atoms with van der Waals surface area (Å²) in [7, 11) is 3.91. The molecule has 0 fully saturated rings. The first kappa shape index (κ1) is 24.1. The summed E-state index contributed by atoms with van der Waals surface area (Å²) < 4.78 is 3.68. The van der Waals surface area contributed by atoms with Crippen molar-refractivity contribution in [3.05, 3.63) is 66.3 Å². The van der Waals surface area contributed by atoms with E-state index < -0.39 is 0 Å². The molecule has 35 heavy (non-hydrogen) atoms. The lowest BCUT2D eigenvalue weighted by atomic mass is 10.1. The average Bonchev–Trinajstić information content (AvgIpc) is 3.39. The van der Waals surface area contributed by atoms with Crippen LogP contribution in [0.2, 0.25) is 0 Å². The van der Waals surface area contributed by atoms with Crippen molar-refractivity contribution in [1.82, 2.24) is 29.2 Å². The monoisotopic (exact) mass is 474 g/mol. The van der Waals surface area contributed by atoms with Gasteiger partial charge in [-0.1, -0.05) is 6.08 Å². The summed E-state index contributed by atoms with van der Waals surface area (Å²) in [6.45, 7) is 5.14. The Bertz CT molecular complexity index is 1370. The first-order valence-electron chi connectivity index (χ1n) is 11.3. The summed E-state index contributed by atoms with van der Waals surface area (Å²) in [5.41, 5.74) is 4.44. The van der Waals surface area contributed by atoms with Crippen LogP contribution in [0.4, 0.5) is 17.3 Å². The smallest absolute Gasteiger partial charge is 0.248 e. The molecule has 0 aliphatic rings. The summed E-state index contributed by atoms with van der Waals surface area (Å²) in [5, 5.41) is 20.4. The summed E-state index contributed by atoms with van der Waals surface area (Å²) in [6, 6.07) is 5.85. The predicted octanol–water partition coefficient (Wildman–Crippen LogP) is 3.03. The van der Waals surface area contributed by atoms with Gasteiger partial charge >= 0.3 is 0 Å². The molecule has 1 aromatic carbocycles. The van der Waals surface area contributed by atoms with E-state index in [2.05, 4.69) is 20.7 Å². The molecule has 10 heteroatoms. The predicted molar refractivity (Wildman–Crippen MR) is 137 cm³/mol. The lowest BCUT2D eigenvalue weighted by Crippen LogP contribution is -2.12. The Morgan fingerprint density at radius 3 is 2.74 bits per heavy atom. The molecule has 182 valence electrons. The van der Waals surface area contributed by atoms with Gasteiger partial charge in [-0.05, 0) is 51.7 Å². The van der Waals surface area contributed by atoms with Crippen LogP contribution in [0.1, 0.15) is 11.1 Å². The van der Waals surface area contributed by atoms with Crippen molar-refractivity contribution >= 4 is 34.1 Å². The van der Waals surface area contributed by atoms with Gasteiger partial charge in [0, 0.05) is 47.8 Å². The van der Waals surface area contributed by atoms with Crippen molar-refractivity contribution in [3.8, 4) is 5.82 Å². The minimum absolute atomic E-state index is 0.0188. The molecule has 10 nitrogen and oxygen atoms in total. The Morgan fingerprint density at radius 1 is 1.14 bits per heavy atom. The number of carbonyl (C=O) groups is 1. The molecule has 0 bridgehead atoms. The number of nitrogens with zero attached hydrogens (tertiary/aromatic N) is 6. The van der Waals surface area contributed by atoms with Crippen LogP contribution in [0, 0.1) is 13.8 Å². The zero-order valence-corrected chi connectivity index (χ0v) is 20.4. The van der Waals surface area contributed by atoms with Gasteiger partial charge in [-0.3, -0.25) is 9.48 Å². The number of hydrogen-bond acceptors (Lipinski definition) is 7. The number of rotatable bonds is 9. The maximum Gasteiger partial charge on any atom is 0.248 e. The maximum atomic E-state index is 12.2. The topological polar surface area (TPSA) is 113 Å². The van der Waals surface area contributed by atoms with Crippen molar-refractivity contribution in [1.29, 1.82) is 0 Å². The van der Waals surface area contributed by atoms with E-state index in [9.17, 15) is 4.79 Å². The normalized spacial score (nSPS) is 11.6. The van der Waals surface area contributed by atoms with E-state index in [1.54, 1.807) is 29.3 Å². The van der Waals surface area contributed by atoms with Crippen molar-refractivity contribution in [2.24, 2.45) is 0 Å². The van der Waals surface area contributed by atoms with E-state index in [0.717, 1.165) is 39.2 Å². The van der Waals surface area contributed by atoms with Gasteiger partial charge in [0.2, 0.25) is 11.9 Å². The minimum atomic E-state index is -0.159. The van der Waals surface area contributed by atoms with Gasteiger partial charge in [0.15, 0.2) is 0 Å². The molecule has 0 atom stereocenters. The van der Waals surface area contributed by atoms with Gasteiger partial charge in [-0.2, -0.15) is 10.1 Å². The molecular formula is C25H30N8O2. The number of likely N-dealkylation sites (N-methyl/N-ethyl adjacent to an activating group) is 1. The number of nitrogens with one attached hydrogen (secondary N) is 2. The molecule has 0 saturated heterocycles. The van der Waals surface area contributed by atoms with E-state index in [1.807, 2.05) is 67.9 Å². The van der Waals surface area contributed by atoms with E-state index in [-0.39, 0.29) is 12.5 Å². The average molecular weight is 475 g/mol. The van der Waals surface area contributed by atoms with Gasteiger partial charge in [-0.25, -0.2) is 4.98 Å². The maximum absolute atomic E-state index is 12.2. The SMILES string of the molecule is Cc1cnc(Nc2cnn(CCO)c2)nc1-n1cc(C)c2cc(NC(=O)/C=C/CN(C)C)ccc21. The molecule has 0 aliphatic heterocycles. The Balaban J connectivity index is 1.59. The molecule has 3 aromatic heterocycles. The highest BCUT2D eigenvalue weighted by Gasteiger charge is 2.13. The van der Waals surface area contributed by atoms with Gasteiger partial charge < -0.3 is 25.2 Å². The molecule has 3 heterocycles. The third-order valence-corrected chi connectivity index (χ3v) is 5.40. The van der Waals surface area contributed by atoms with Crippen molar-refractivity contribution in [3.63, 3.8) is 0 Å². The number of aliphatic hydroxyl groups excluding tert-OH is 1. The molecule has 0 aliphatic carbocycles. The van der Waals surface area contributed by atoms with Gasteiger partial charge in [0.05, 0.1) is 30.6 Å². The Hall–Kier alpha value is -4.02. The number of aryl methyl sites for hydroxylation is 2. The van der Waals surface area contributed by atoms with Crippen molar-refractivity contribution in [2.45, 2.75) is 20.4 Å². The number of benzene rings is 1. The second kappa shape index (κ2) is 10.5. The Morgan fingerprint density at radius 2 is 1.97 bits per heavy atom. The standard InChI is InChI=1S/C25H30N8O2/c1-17-13-26-25(29-20-14-27-32(16-20)10-11-34)30-24(17)33-15-18(2)21-12-19(7-8-22(21)33)28-23(35)6-5-9-31(3)4/h5-8,12-16,34H,9-11H2,1-4H3,(H,28,35)(H,26,29,30)/b6-5+. The fourth-order valence-corrected chi connectivity index (χ4v) is 3.72. The van der Waals surface area contributed by atoms with Crippen LogP contribution in [-0.2, 0) is 11.3 Å². The number of aromatic nitrogens is 5. The van der Waals surface area contributed by atoms with Crippen LogP contribution in [0.3, 0.4) is 0 Å². The highest BCUT2D eigenvalue weighted by Crippen LogP contribution is 2.28. The zero-order valence-electron chi connectivity index (χ0n) is 20.4. The third kappa shape index (κ3) is 5.73. The molecule has 0 saturated carbocycles. The molecular weight excluding hydrogens is 444 g/mol. The number of carbonyl (C=O) groups excluding carboxylic acids is 1. The zero-order chi connectivity index (χ0) is 24.9. The van der Waals surface area contributed by atoms with E-state index in [0.29, 0.717) is 19.0 Å². The molecule has 4 rings (SSSR count). The van der Waals surface area contributed by atoms with E-state index in [1.165, 1.54) is 0 Å². The quantitative estimate of drug-likeness (QED) is 0.320.